The number of amides is 1. The molecule has 7 nitrogen and oxygen atoms in total. The van der Waals surface area contributed by atoms with Gasteiger partial charge < -0.3 is 10.6 Å². The van der Waals surface area contributed by atoms with Gasteiger partial charge in [0.1, 0.15) is 17.7 Å². The van der Waals surface area contributed by atoms with E-state index in [-0.39, 0.29) is 5.91 Å². The summed E-state index contributed by atoms with van der Waals surface area (Å²) in [7, 11) is 1.84. The van der Waals surface area contributed by atoms with Crippen LogP contribution in [0, 0.1) is 17.1 Å². The summed E-state index contributed by atoms with van der Waals surface area (Å²) < 4.78 is 15.6. The van der Waals surface area contributed by atoms with E-state index in [9.17, 15) is 9.18 Å². The molecular weight excluding hydrogens is 431 g/mol. The minimum absolute atomic E-state index is 0.341. The lowest BCUT2D eigenvalue weighted by molar-refractivity contribution is -0.118. The summed E-state index contributed by atoms with van der Waals surface area (Å²) in [6, 6.07) is 18.1. The number of nitriles is 1. The number of rotatable bonds is 8. The Hall–Kier alpha value is -4.35. The number of pyridine rings is 1. The van der Waals surface area contributed by atoms with E-state index in [1.54, 1.807) is 47.4 Å². The van der Waals surface area contributed by atoms with Gasteiger partial charge in [0.15, 0.2) is 0 Å². The van der Waals surface area contributed by atoms with E-state index >= 15 is 0 Å². The van der Waals surface area contributed by atoms with Gasteiger partial charge in [-0.1, -0.05) is 24.3 Å². The third-order valence-electron chi connectivity index (χ3n) is 5.34. The molecule has 2 N–H and O–H groups in total. The van der Waals surface area contributed by atoms with Crippen molar-refractivity contribution in [3.63, 3.8) is 0 Å². The molecule has 0 unspecified atom stereocenters. The number of nitrogens with one attached hydrogen (secondary N) is 2. The highest BCUT2D eigenvalue weighted by atomic mass is 19.1. The number of nitrogens with zero attached hydrogens (tertiary/aromatic N) is 4. The summed E-state index contributed by atoms with van der Waals surface area (Å²) in [5.74, 6) is -0.358. The van der Waals surface area contributed by atoms with E-state index in [0.717, 1.165) is 16.7 Å². The number of anilines is 1. The van der Waals surface area contributed by atoms with Gasteiger partial charge in [0, 0.05) is 37.1 Å². The zero-order chi connectivity index (χ0) is 23.9. The minimum Gasteiger partial charge on any atom is -0.309 e. The number of hydrogen-bond acceptors (Lipinski definition) is 5. The van der Waals surface area contributed by atoms with Crippen LogP contribution in [0.3, 0.4) is 0 Å². The van der Waals surface area contributed by atoms with Crippen molar-refractivity contribution in [1.82, 2.24) is 20.1 Å². The highest BCUT2D eigenvalue weighted by Crippen LogP contribution is 2.20. The quantitative estimate of drug-likeness (QED) is 0.420. The van der Waals surface area contributed by atoms with Crippen molar-refractivity contribution in [2.45, 2.75) is 12.5 Å². The van der Waals surface area contributed by atoms with Crippen molar-refractivity contribution < 1.29 is 9.18 Å². The van der Waals surface area contributed by atoms with Crippen molar-refractivity contribution in [3.05, 3.63) is 102 Å². The molecule has 0 aliphatic carbocycles. The molecule has 2 aromatic heterocycles. The lowest BCUT2D eigenvalue weighted by atomic mass is 10.0. The van der Waals surface area contributed by atoms with E-state index < -0.39 is 11.9 Å². The second-order valence-electron chi connectivity index (χ2n) is 7.82. The molecule has 0 fully saturated rings. The maximum Gasteiger partial charge on any atom is 0.247 e. The molecule has 2 heterocycles. The average Bonchev–Trinajstić information content (AvgIpc) is 3.29. The Balaban J connectivity index is 1.45. The number of carbonyl (C=O) groups excluding carboxylic acids is 1. The molecule has 4 rings (SSSR count). The summed E-state index contributed by atoms with van der Waals surface area (Å²) in [4.78, 5) is 17.5. The smallest absolute Gasteiger partial charge is 0.247 e. The van der Waals surface area contributed by atoms with Gasteiger partial charge in [-0.05, 0) is 53.9 Å². The molecular formula is C26H23FN6O. The molecule has 0 radical (unpaired) electrons. The molecule has 1 atom stereocenters. The Labute approximate surface area is 196 Å². The number of aromatic nitrogens is 3. The van der Waals surface area contributed by atoms with Gasteiger partial charge in [-0.2, -0.15) is 10.4 Å². The first-order valence-electron chi connectivity index (χ1n) is 10.8. The third-order valence-corrected chi connectivity index (χ3v) is 5.34. The van der Waals surface area contributed by atoms with Gasteiger partial charge in [0.25, 0.3) is 0 Å². The molecule has 0 aliphatic rings. The van der Waals surface area contributed by atoms with Gasteiger partial charge in [-0.25, -0.2) is 9.37 Å². The molecule has 4 aromatic rings. The van der Waals surface area contributed by atoms with Crippen molar-refractivity contribution in [2.24, 2.45) is 7.05 Å². The average molecular weight is 455 g/mol. The Morgan fingerprint density at radius 1 is 1.12 bits per heavy atom. The van der Waals surface area contributed by atoms with E-state index in [0.29, 0.717) is 29.9 Å². The first-order chi connectivity index (χ1) is 16.5. The topological polar surface area (TPSA) is 95.6 Å². The fourth-order valence-corrected chi connectivity index (χ4v) is 3.56. The highest BCUT2D eigenvalue weighted by molar-refractivity contribution is 5.95. The lowest BCUT2D eigenvalue weighted by Crippen LogP contribution is -2.34. The van der Waals surface area contributed by atoms with Gasteiger partial charge >= 0.3 is 0 Å². The molecule has 0 bridgehead atoms. The van der Waals surface area contributed by atoms with E-state index in [1.807, 2.05) is 31.4 Å². The SMILES string of the molecule is Cn1cc(-c2ccc(NC(=O)[C@H](NCCc3ccc(C#N)cc3)c3cccc(F)c3)nc2)cn1. The number of halogens is 1. The number of benzene rings is 2. The van der Waals surface area contributed by atoms with Crippen LogP contribution < -0.4 is 10.6 Å². The molecule has 170 valence electrons. The normalized spacial score (nSPS) is 11.6. The Bertz CT molecular complexity index is 1310. The van der Waals surface area contributed by atoms with Crippen LogP contribution in [0.5, 0.6) is 0 Å². The Kier molecular flexibility index (Phi) is 7.06. The zero-order valence-electron chi connectivity index (χ0n) is 18.6. The van der Waals surface area contributed by atoms with E-state index in [4.69, 9.17) is 5.26 Å². The van der Waals surface area contributed by atoms with Crippen LogP contribution in [0.4, 0.5) is 10.2 Å². The van der Waals surface area contributed by atoms with Crippen molar-refractivity contribution in [2.75, 3.05) is 11.9 Å². The summed E-state index contributed by atoms with van der Waals surface area (Å²) in [5, 5.41) is 19.1. The molecule has 0 aliphatic heterocycles. The fraction of sp³-hybridized carbons (Fsp3) is 0.154. The van der Waals surface area contributed by atoms with Crippen molar-refractivity contribution in [3.8, 4) is 17.2 Å². The van der Waals surface area contributed by atoms with Crippen LogP contribution in [0.15, 0.2) is 79.3 Å². The monoisotopic (exact) mass is 454 g/mol. The first kappa shape index (κ1) is 22.8. The number of aryl methyl sites for hydroxylation is 1. The third kappa shape index (κ3) is 5.71. The number of carbonyl (C=O) groups is 1. The Morgan fingerprint density at radius 3 is 2.59 bits per heavy atom. The van der Waals surface area contributed by atoms with Gasteiger partial charge in [0.05, 0.1) is 17.8 Å². The number of hydrogen-bond donors (Lipinski definition) is 2. The fourth-order valence-electron chi connectivity index (χ4n) is 3.56. The molecule has 1 amide bonds. The molecule has 34 heavy (non-hydrogen) atoms. The minimum atomic E-state index is -0.770. The second-order valence-corrected chi connectivity index (χ2v) is 7.82. The predicted octanol–water partition coefficient (Wildman–Crippen LogP) is 4.00. The van der Waals surface area contributed by atoms with Crippen LogP contribution in [0.2, 0.25) is 0 Å². The van der Waals surface area contributed by atoms with Gasteiger partial charge in [-0.15, -0.1) is 0 Å². The van der Waals surface area contributed by atoms with Crippen LogP contribution >= 0.6 is 0 Å². The molecule has 2 aromatic carbocycles. The second kappa shape index (κ2) is 10.5. The van der Waals surface area contributed by atoms with Crippen molar-refractivity contribution >= 4 is 11.7 Å². The molecule has 0 saturated carbocycles. The van der Waals surface area contributed by atoms with Crippen LogP contribution in [0.25, 0.3) is 11.1 Å². The van der Waals surface area contributed by atoms with E-state index in [1.165, 1.54) is 12.1 Å². The van der Waals surface area contributed by atoms with E-state index in [2.05, 4.69) is 26.8 Å². The van der Waals surface area contributed by atoms with Crippen molar-refractivity contribution in [1.29, 1.82) is 5.26 Å². The summed E-state index contributed by atoms with van der Waals surface area (Å²) in [5.41, 5.74) is 3.95. The molecule has 0 spiro atoms. The standard InChI is InChI=1S/C26H23FN6O/c1-33-17-22(16-31-33)21-9-10-24(30-15-21)32-26(34)25(20-3-2-4-23(27)13-20)29-12-11-18-5-7-19(14-28)8-6-18/h2-10,13,15-17,25,29H,11-12H2,1H3,(H,30,32,34)/t25-/m1/s1. The summed E-state index contributed by atoms with van der Waals surface area (Å²) in [6.07, 6.45) is 5.94. The molecule has 0 saturated heterocycles. The van der Waals surface area contributed by atoms with Crippen LogP contribution in [-0.4, -0.2) is 27.2 Å². The largest absolute Gasteiger partial charge is 0.309 e. The van der Waals surface area contributed by atoms with Crippen LogP contribution in [0.1, 0.15) is 22.7 Å². The predicted molar refractivity (Wildman–Crippen MR) is 127 cm³/mol. The lowest BCUT2D eigenvalue weighted by Gasteiger charge is -2.19. The molecule has 8 heteroatoms. The van der Waals surface area contributed by atoms with Crippen LogP contribution in [-0.2, 0) is 18.3 Å². The maximum atomic E-state index is 13.9. The van der Waals surface area contributed by atoms with Gasteiger partial charge in [-0.3, -0.25) is 9.48 Å². The zero-order valence-corrected chi connectivity index (χ0v) is 18.6. The highest BCUT2D eigenvalue weighted by Gasteiger charge is 2.21. The summed E-state index contributed by atoms with van der Waals surface area (Å²) >= 11 is 0. The first-order valence-corrected chi connectivity index (χ1v) is 10.8. The van der Waals surface area contributed by atoms with Gasteiger partial charge in [0.2, 0.25) is 5.91 Å². The maximum absolute atomic E-state index is 13.9. The Morgan fingerprint density at radius 2 is 1.94 bits per heavy atom. The summed E-state index contributed by atoms with van der Waals surface area (Å²) in [6.45, 7) is 0.480.